The van der Waals surface area contributed by atoms with Crippen molar-refractivity contribution in [2.45, 2.75) is 37.6 Å². The molecule has 0 aromatic rings. The van der Waals surface area contributed by atoms with Crippen LogP contribution in [0.5, 0.6) is 0 Å². The van der Waals surface area contributed by atoms with Crippen LogP contribution < -0.4 is 0 Å². The van der Waals surface area contributed by atoms with Crippen LogP contribution in [0.25, 0.3) is 0 Å². The lowest BCUT2D eigenvalue weighted by Crippen LogP contribution is -2.57. The molecule has 0 aromatic heterocycles. The summed E-state index contributed by atoms with van der Waals surface area (Å²) in [6, 6.07) is 0. The molecule has 1 aliphatic heterocycles. The van der Waals surface area contributed by atoms with Crippen LogP contribution in [0, 0.1) is 0 Å². The summed E-state index contributed by atoms with van der Waals surface area (Å²) in [6.07, 6.45) is -4.99. The maximum atomic E-state index is 9.47. The molecular formula is C8H16O5S. The predicted molar refractivity (Wildman–Crippen MR) is 52.2 cm³/mol. The molecule has 14 heavy (non-hydrogen) atoms. The minimum Gasteiger partial charge on any atom is -0.388 e. The second kappa shape index (κ2) is 5.29. The Morgan fingerprint density at radius 3 is 2.43 bits per heavy atom. The van der Waals surface area contributed by atoms with E-state index in [9.17, 15) is 15.3 Å². The normalized spacial score (nSPS) is 43.9. The molecule has 0 spiro atoms. The van der Waals surface area contributed by atoms with Gasteiger partial charge in [0.2, 0.25) is 0 Å². The fourth-order valence-corrected chi connectivity index (χ4v) is 1.43. The first-order valence-corrected chi connectivity index (χ1v) is 5.13. The topological polar surface area (TPSA) is 79.2 Å². The van der Waals surface area contributed by atoms with Gasteiger partial charge in [0.05, 0.1) is 12.7 Å². The minimum absolute atomic E-state index is 0.320. The maximum absolute atomic E-state index is 9.47. The van der Waals surface area contributed by atoms with Gasteiger partial charge in [-0.05, 0) is 6.92 Å². The Labute approximate surface area is 88.1 Å². The van der Waals surface area contributed by atoms with Crippen molar-refractivity contribution < 1.29 is 24.8 Å². The average Bonchev–Trinajstić information content (AvgIpc) is 2.18. The van der Waals surface area contributed by atoms with Crippen LogP contribution in [-0.4, -0.2) is 58.4 Å². The van der Waals surface area contributed by atoms with Crippen molar-refractivity contribution in [2.75, 3.05) is 12.4 Å². The molecule has 0 radical (unpaired) electrons. The molecule has 2 unspecified atom stereocenters. The molecule has 0 saturated carbocycles. The lowest BCUT2D eigenvalue weighted by atomic mass is 10.0. The Hall–Kier alpha value is 0.150. The molecule has 5 atom stereocenters. The van der Waals surface area contributed by atoms with Crippen LogP contribution in [0.2, 0.25) is 0 Å². The number of rotatable bonds is 3. The van der Waals surface area contributed by atoms with E-state index in [0.29, 0.717) is 12.4 Å². The number of ether oxygens (including phenoxy) is 2. The van der Waals surface area contributed by atoms with Gasteiger partial charge in [0, 0.05) is 5.75 Å². The zero-order chi connectivity index (χ0) is 10.7. The van der Waals surface area contributed by atoms with E-state index in [0.717, 1.165) is 0 Å². The highest BCUT2D eigenvalue weighted by Crippen LogP contribution is 2.21. The van der Waals surface area contributed by atoms with E-state index >= 15 is 0 Å². The van der Waals surface area contributed by atoms with Crippen molar-refractivity contribution >= 4 is 12.6 Å². The van der Waals surface area contributed by atoms with Crippen LogP contribution in [0.4, 0.5) is 0 Å². The minimum atomic E-state index is -1.23. The van der Waals surface area contributed by atoms with Crippen molar-refractivity contribution in [1.29, 1.82) is 0 Å². The van der Waals surface area contributed by atoms with E-state index in [1.807, 2.05) is 0 Å². The monoisotopic (exact) mass is 224 g/mol. The summed E-state index contributed by atoms with van der Waals surface area (Å²) in [5.74, 6) is 0.500. The van der Waals surface area contributed by atoms with Crippen LogP contribution in [-0.2, 0) is 9.47 Å². The Balaban J connectivity index is 2.52. The SMILES string of the molecule is CC1O[C@@H](OCCS)C(O)[C@@H](O)[C@@H]1O. The molecule has 0 aromatic carbocycles. The number of hydrogen-bond donors (Lipinski definition) is 4. The fourth-order valence-electron chi connectivity index (χ4n) is 1.32. The van der Waals surface area contributed by atoms with Gasteiger partial charge in [-0.3, -0.25) is 0 Å². The first-order valence-electron chi connectivity index (χ1n) is 4.50. The second-order valence-electron chi connectivity index (χ2n) is 3.28. The quantitative estimate of drug-likeness (QED) is 0.451. The van der Waals surface area contributed by atoms with Crippen LogP contribution in [0.1, 0.15) is 6.92 Å². The van der Waals surface area contributed by atoms with Gasteiger partial charge in [0.15, 0.2) is 6.29 Å². The van der Waals surface area contributed by atoms with E-state index in [-0.39, 0.29) is 0 Å². The van der Waals surface area contributed by atoms with Gasteiger partial charge in [-0.2, -0.15) is 12.6 Å². The van der Waals surface area contributed by atoms with E-state index in [2.05, 4.69) is 12.6 Å². The number of aliphatic hydroxyl groups is 3. The summed E-state index contributed by atoms with van der Waals surface area (Å²) in [5.41, 5.74) is 0. The van der Waals surface area contributed by atoms with Crippen molar-refractivity contribution in [3.05, 3.63) is 0 Å². The first kappa shape index (κ1) is 12.2. The van der Waals surface area contributed by atoms with Gasteiger partial charge in [-0.1, -0.05) is 0 Å². The van der Waals surface area contributed by atoms with Crippen LogP contribution in [0.3, 0.4) is 0 Å². The zero-order valence-electron chi connectivity index (χ0n) is 7.91. The lowest BCUT2D eigenvalue weighted by molar-refractivity contribution is -0.291. The summed E-state index contributed by atoms with van der Waals surface area (Å²) in [6.45, 7) is 1.93. The predicted octanol–water partition coefficient (Wildman–Crippen LogP) is -1.24. The standard InChI is InChI=1S/C8H16O5S/c1-4-5(9)6(10)7(11)8(13-4)12-2-3-14/h4-11,14H,2-3H2,1H3/t4?,5-,6+,7?,8-/m1/s1. The molecule has 5 nitrogen and oxygen atoms in total. The zero-order valence-corrected chi connectivity index (χ0v) is 8.80. The Morgan fingerprint density at radius 1 is 1.21 bits per heavy atom. The van der Waals surface area contributed by atoms with Gasteiger partial charge < -0.3 is 24.8 Å². The summed E-state index contributed by atoms with van der Waals surface area (Å²) < 4.78 is 10.3. The van der Waals surface area contributed by atoms with E-state index < -0.39 is 30.7 Å². The summed E-state index contributed by atoms with van der Waals surface area (Å²) in [5, 5.41) is 28.2. The third-order valence-corrected chi connectivity index (χ3v) is 2.36. The summed E-state index contributed by atoms with van der Waals surface area (Å²) in [7, 11) is 0. The molecule has 1 heterocycles. The molecule has 3 N–H and O–H groups in total. The Morgan fingerprint density at radius 2 is 1.86 bits per heavy atom. The molecule has 1 fully saturated rings. The molecule has 6 heteroatoms. The lowest BCUT2D eigenvalue weighted by Gasteiger charge is -2.38. The number of thiol groups is 1. The van der Waals surface area contributed by atoms with Gasteiger partial charge in [0.1, 0.15) is 18.3 Å². The highest BCUT2D eigenvalue weighted by atomic mass is 32.1. The van der Waals surface area contributed by atoms with Crippen molar-refractivity contribution in [2.24, 2.45) is 0 Å². The molecule has 0 amide bonds. The maximum Gasteiger partial charge on any atom is 0.186 e. The van der Waals surface area contributed by atoms with E-state index in [1.54, 1.807) is 6.92 Å². The fraction of sp³-hybridized carbons (Fsp3) is 1.00. The molecule has 1 saturated heterocycles. The number of aliphatic hydroxyl groups excluding tert-OH is 3. The van der Waals surface area contributed by atoms with E-state index in [1.165, 1.54) is 0 Å². The average molecular weight is 224 g/mol. The molecule has 0 aliphatic carbocycles. The summed E-state index contributed by atoms with van der Waals surface area (Å²) >= 11 is 3.94. The van der Waals surface area contributed by atoms with Gasteiger partial charge in [-0.15, -0.1) is 0 Å². The van der Waals surface area contributed by atoms with Crippen molar-refractivity contribution in [3.63, 3.8) is 0 Å². The highest BCUT2D eigenvalue weighted by molar-refractivity contribution is 7.80. The third kappa shape index (κ3) is 2.59. The Bertz CT molecular complexity index is 179. The van der Waals surface area contributed by atoms with Crippen LogP contribution >= 0.6 is 12.6 Å². The van der Waals surface area contributed by atoms with Gasteiger partial charge in [0.25, 0.3) is 0 Å². The second-order valence-corrected chi connectivity index (χ2v) is 3.72. The largest absolute Gasteiger partial charge is 0.388 e. The first-order chi connectivity index (χ1) is 6.57. The molecule has 1 rings (SSSR count). The molecular weight excluding hydrogens is 208 g/mol. The molecule has 0 bridgehead atoms. The van der Waals surface area contributed by atoms with Crippen molar-refractivity contribution in [3.8, 4) is 0 Å². The van der Waals surface area contributed by atoms with Gasteiger partial charge >= 0.3 is 0 Å². The molecule has 1 aliphatic rings. The number of hydrogen-bond acceptors (Lipinski definition) is 6. The van der Waals surface area contributed by atoms with Gasteiger partial charge in [-0.25, -0.2) is 0 Å². The third-order valence-electron chi connectivity index (χ3n) is 2.18. The summed E-state index contributed by atoms with van der Waals surface area (Å²) in [4.78, 5) is 0. The Kier molecular flexibility index (Phi) is 4.62. The molecule has 84 valence electrons. The van der Waals surface area contributed by atoms with Crippen molar-refractivity contribution in [1.82, 2.24) is 0 Å². The highest BCUT2D eigenvalue weighted by Gasteiger charge is 2.42. The smallest absolute Gasteiger partial charge is 0.186 e. The van der Waals surface area contributed by atoms with E-state index in [4.69, 9.17) is 9.47 Å². The van der Waals surface area contributed by atoms with Crippen LogP contribution in [0.15, 0.2) is 0 Å².